The molecule has 0 aliphatic carbocycles. The number of carbonyl (C=O) groups excluding carboxylic acids is 1. The van der Waals surface area contributed by atoms with Gasteiger partial charge in [-0.05, 0) is 31.2 Å². The zero-order valence-corrected chi connectivity index (χ0v) is 15.8. The number of aromatic nitrogens is 4. The average molecular weight is 368 g/mol. The maximum absolute atomic E-state index is 12.6. The van der Waals surface area contributed by atoms with Gasteiger partial charge in [-0.15, -0.1) is 0 Å². The summed E-state index contributed by atoms with van der Waals surface area (Å²) in [6, 6.07) is 19.9. The van der Waals surface area contributed by atoms with Gasteiger partial charge in [0.25, 0.3) is 0 Å². The molecule has 0 unspecified atom stereocenters. The summed E-state index contributed by atoms with van der Waals surface area (Å²) < 4.78 is 3.49. The van der Waals surface area contributed by atoms with Crippen molar-refractivity contribution in [3.8, 4) is 16.9 Å². The number of hydrogen-bond donors (Lipinski definition) is 0. The van der Waals surface area contributed by atoms with Crippen molar-refractivity contribution < 1.29 is 4.79 Å². The van der Waals surface area contributed by atoms with Gasteiger partial charge < -0.3 is 0 Å². The fraction of sp³-hybridized carbons (Fsp3) is 0.0870. The Balaban J connectivity index is 1.74. The van der Waals surface area contributed by atoms with E-state index in [0.717, 1.165) is 28.2 Å². The number of carbonyl (C=O) groups is 1. The number of hydrogen-bond acceptors (Lipinski definition) is 3. The zero-order valence-electron chi connectivity index (χ0n) is 15.8. The number of nitrogens with zero attached hydrogens (tertiary/aromatic N) is 4. The van der Waals surface area contributed by atoms with Gasteiger partial charge in [0.15, 0.2) is 5.78 Å². The number of benzene rings is 2. The van der Waals surface area contributed by atoms with Gasteiger partial charge in [-0.2, -0.15) is 10.2 Å². The molecule has 0 N–H and O–H groups in total. The molecule has 138 valence electrons. The molecule has 0 radical (unpaired) electrons. The highest BCUT2D eigenvalue weighted by Crippen LogP contribution is 2.25. The second kappa shape index (κ2) is 7.48. The van der Waals surface area contributed by atoms with Crippen LogP contribution in [0, 0.1) is 6.92 Å². The number of aryl methyl sites for hydroxylation is 2. The molecule has 4 aromatic rings. The summed E-state index contributed by atoms with van der Waals surface area (Å²) in [6.07, 6.45) is 7.09. The highest BCUT2D eigenvalue weighted by molar-refractivity contribution is 6.07. The predicted molar refractivity (Wildman–Crippen MR) is 110 cm³/mol. The van der Waals surface area contributed by atoms with Crippen LogP contribution < -0.4 is 0 Å². The van der Waals surface area contributed by atoms with E-state index in [4.69, 9.17) is 5.10 Å². The number of rotatable bonds is 5. The van der Waals surface area contributed by atoms with E-state index in [1.54, 1.807) is 17.0 Å². The molecule has 5 nitrogen and oxygen atoms in total. The van der Waals surface area contributed by atoms with E-state index >= 15 is 0 Å². The van der Waals surface area contributed by atoms with Gasteiger partial charge in [-0.25, -0.2) is 4.68 Å². The lowest BCUT2D eigenvalue weighted by Gasteiger charge is -2.00. The first-order chi connectivity index (χ1) is 13.6. The Hall–Kier alpha value is -3.73. The Morgan fingerprint density at radius 3 is 2.25 bits per heavy atom. The average Bonchev–Trinajstić information content (AvgIpc) is 3.30. The lowest BCUT2D eigenvalue weighted by Crippen LogP contribution is -1.94. The molecule has 0 fully saturated rings. The van der Waals surface area contributed by atoms with Gasteiger partial charge in [0.2, 0.25) is 0 Å². The number of ketones is 1. The molecule has 5 heteroatoms. The van der Waals surface area contributed by atoms with Crippen molar-refractivity contribution in [3.05, 3.63) is 96.0 Å². The molecule has 2 aromatic heterocycles. The van der Waals surface area contributed by atoms with E-state index in [0.29, 0.717) is 5.56 Å². The van der Waals surface area contributed by atoms with Crippen LogP contribution in [0.5, 0.6) is 0 Å². The highest BCUT2D eigenvalue weighted by Gasteiger charge is 2.13. The van der Waals surface area contributed by atoms with Crippen LogP contribution in [0.2, 0.25) is 0 Å². The van der Waals surface area contributed by atoms with Crippen LogP contribution in [-0.2, 0) is 7.05 Å². The molecule has 0 atom stereocenters. The van der Waals surface area contributed by atoms with E-state index in [9.17, 15) is 4.79 Å². The third-order valence-electron chi connectivity index (χ3n) is 4.50. The van der Waals surface area contributed by atoms with Crippen molar-refractivity contribution in [2.45, 2.75) is 6.92 Å². The second-order valence-electron chi connectivity index (χ2n) is 6.58. The van der Waals surface area contributed by atoms with Gasteiger partial charge in [0, 0.05) is 30.6 Å². The molecule has 28 heavy (non-hydrogen) atoms. The maximum atomic E-state index is 12.6. The van der Waals surface area contributed by atoms with Crippen LogP contribution in [0.1, 0.15) is 21.6 Å². The van der Waals surface area contributed by atoms with Crippen LogP contribution in [0.15, 0.2) is 79.1 Å². The first kappa shape index (κ1) is 17.7. The number of allylic oxidation sites excluding steroid dienone is 1. The van der Waals surface area contributed by atoms with E-state index in [2.05, 4.69) is 5.10 Å². The zero-order chi connectivity index (χ0) is 19.5. The van der Waals surface area contributed by atoms with Crippen LogP contribution in [-0.4, -0.2) is 25.3 Å². The van der Waals surface area contributed by atoms with Gasteiger partial charge in [-0.1, -0.05) is 48.5 Å². The van der Waals surface area contributed by atoms with Crippen molar-refractivity contribution in [3.63, 3.8) is 0 Å². The fourth-order valence-corrected chi connectivity index (χ4v) is 3.14. The second-order valence-corrected chi connectivity index (χ2v) is 6.58. The normalized spacial score (nSPS) is 11.2. The number of para-hydroxylation sites is 1. The molecular formula is C23H20N4O. The molecule has 4 rings (SSSR count). The van der Waals surface area contributed by atoms with Crippen molar-refractivity contribution >= 4 is 11.9 Å². The Bertz CT molecular complexity index is 1140. The molecule has 0 saturated heterocycles. The first-order valence-electron chi connectivity index (χ1n) is 9.05. The van der Waals surface area contributed by atoms with Crippen LogP contribution in [0.3, 0.4) is 0 Å². The minimum absolute atomic E-state index is 0.0722. The molecule has 2 heterocycles. The van der Waals surface area contributed by atoms with E-state index in [-0.39, 0.29) is 5.78 Å². The first-order valence-corrected chi connectivity index (χ1v) is 9.05. The molecule has 0 bridgehead atoms. The summed E-state index contributed by atoms with van der Waals surface area (Å²) in [5.74, 6) is -0.0722. The smallest absolute Gasteiger partial charge is 0.189 e. The minimum atomic E-state index is -0.0722. The summed E-state index contributed by atoms with van der Waals surface area (Å²) in [5.41, 5.74) is 5.01. The Morgan fingerprint density at radius 1 is 0.929 bits per heavy atom. The summed E-state index contributed by atoms with van der Waals surface area (Å²) in [7, 11) is 1.81. The third-order valence-corrected chi connectivity index (χ3v) is 4.50. The molecule has 0 saturated carbocycles. The Kier molecular flexibility index (Phi) is 4.72. The van der Waals surface area contributed by atoms with Crippen LogP contribution in [0.25, 0.3) is 23.0 Å². The monoisotopic (exact) mass is 368 g/mol. The predicted octanol–water partition coefficient (Wildman–Crippen LogP) is 4.48. The van der Waals surface area contributed by atoms with Crippen molar-refractivity contribution in [2.24, 2.45) is 7.05 Å². The van der Waals surface area contributed by atoms with Gasteiger partial charge in [0.05, 0.1) is 22.6 Å². The SMILES string of the molecule is Cc1nn(C)cc1C(=O)/C=C/c1cn(-c2ccccc2)nc1-c1ccccc1. The Morgan fingerprint density at radius 2 is 1.61 bits per heavy atom. The van der Waals surface area contributed by atoms with Crippen molar-refractivity contribution in [2.75, 3.05) is 0 Å². The van der Waals surface area contributed by atoms with Crippen molar-refractivity contribution in [1.82, 2.24) is 19.6 Å². The van der Waals surface area contributed by atoms with Crippen LogP contribution >= 0.6 is 0 Å². The van der Waals surface area contributed by atoms with E-state index in [1.165, 1.54) is 0 Å². The van der Waals surface area contributed by atoms with Crippen LogP contribution in [0.4, 0.5) is 0 Å². The summed E-state index contributed by atoms with van der Waals surface area (Å²) in [4.78, 5) is 12.6. The minimum Gasteiger partial charge on any atom is -0.289 e. The van der Waals surface area contributed by atoms with Gasteiger partial charge in [-0.3, -0.25) is 9.48 Å². The molecule has 0 aliphatic rings. The largest absolute Gasteiger partial charge is 0.289 e. The summed E-state index contributed by atoms with van der Waals surface area (Å²) in [6.45, 7) is 1.84. The van der Waals surface area contributed by atoms with E-state index < -0.39 is 0 Å². The highest BCUT2D eigenvalue weighted by atomic mass is 16.1. The molecule has 0 spiro atoms. The summed E-state index contributed by atoms with van der Waals surface area (Å²) in [5, 5.41) is 9.00. The maximum Gasteiger partial charge on any atom is 0.189 e. The standard InChI is InChI=1S/C23H20N4O/c1-17-21(16-26(2)24-17)22(28)14-13-19-15-27(20-11-7-4-8-12-20)25-23(19)18-9-5-3-6-10-18/h3-16H,1-2H3/b14-13+. The lowest BCUT2D eigenvalue weighted by molar-refractivity contribution is 0.104. The molecule has 0 aliphatic heterocycles. The molecule has 0 amide bonds. The third kappa shape index (κ3) is 3.55. The van der Waals surface area contributed by atoms with Crippen molar-refractivity contribution in [1.29, 1.82) is 0 Å². The fourth-order valence-electron chi connectivity index (χ4n) is 3.14. The molecular weight excluding hydrogens is 348 g/mol. The van der Waals surface area contributed by atoms with Gasteiger partial charge in [0.1, 0.15) is 0 Å². The topological polar surface area (TPSA) is 52.7 Å². The quantitative estimate of drug-likeness (QED) is 0.386. The van der Waals surface area contributed by atoms with Gasteiger partial charge >= 0.3 is 0 Å². The Labute approximate surface area is 163 Å². The lowest BCUT2D eigenvalue weighted by atomic mass is 10.1. The summed E-state index contributed by atoms with van der Waals surface area (Å²) >= 11 is 0. The van der Waals surface area contributed by atoms with E-state index in [1.807, 2.05) is 91.6 Å². The molecule has 2 aromatic carbocycles.